The van der Waals surface area contributed by atoms with E-state index in [9.17, 15) is 13.2 Å². The molecule has 1 aromatic rings. The van der Waals surface area contributed by atoms with Crippen molar-refractivity contribution >= 4 is 15.7 Å². The summed E-state index contributed by atoms with van der Waals surface area (Å²) in [6.45, 7) is 5.63. The third kappa shape index (κ3) is 4.51. The van der Waals surface area contributed by atoms with Crippen LogP contribution in [0.15, 0.2) is 23.2 Å². The lowest BCUT2D eigenvalue weighted by atomic mass is 9.99. The lowest BCUT2D eigenvalue weighted by Gasteiger charge is -2.30. The second-order valence-corrected chi connectivity index (χ2v) is 7.89. The summed E-state index contributed by atoms with van der Waals surface area (Å²) in [4.78, 5) is 18.4. The van der Waals surface area contributed by atoms with E-state index in [-0.39, 0.29) is 10.6 Å². The molecule has 1 N–H and O–H groups in total. The first kappa shape index (κ1) is 16.9. The number of hydrogen-bond donors (Lipinski definition) is 1. The molecule has 6 nitrogen and oxygen atoms in total. The predicted octanol–water partition coefficient (Wildman–Crippen LogP) is 0.947. The summed E-state index contributed by atoms with van der Waals surface area (Å²) in [7, 11) is -3.46. The Morgan fingerprint density at radius 2 is 2.09 bits per heavy atom. The summed E-state index contributed by atoms with van der Waals surface area (Å²) in [6.07, 6.45) is 4.88. The Morgan fingerprint density at radius 3 is 2.73 bits per heavy atom. The maximum absolute atomic E-state index is 12.1. The molecule has 2 heterocycles. The standard InChI is InChI=1S/C15H23N3O3S/c1-12-5-9-18(10-6-12)11-8-17-15(19)14-13(22(2,20)21)4-3-7-16-14/h3-4,7,12H,5-6,8-11H2,1-2H3,(H,17,19). The highest BCUT2D eigenvalue weighted by Crippen LogP contribution is 2.15. The predicted molar refractivity (Wildman–Crippen MR) is 84.5 cm³/mol. The van der Waals surface area contributed by atoms with Gasteiger partial charge in [0.1, 0.15) is 5.69 Å². The molecule has 1 saturated heterocycles. The number of rotatable bonds is 5. The van der Waals surface area contributed by atoms with Crippen molar-refractivity contribution in [3.05, 3.63) is 24.0 Å². The normalized spacial score (nSPS) is 17.4. The van der Waals surface area contributed by atoms with E-state index in [4.69, 9.17) is 0 Å². The molecule has 0 aromatic carbocycles. The Hall–Kier alpha value is -1.47. The van der Waals surface area contributed by atoms with Crippen molar-refractivity contribution in [2.75, 3.05) is 32.4 Å². The molecule has 1 aliphatic rings. The molecule has 122 valence electrons. The van der Waals surface area contributed by atoms with Crippen molar-refractivity contribution < 1.29 is 13.2 Å². The van der Waals surface area contributed by atoms with Crippen LogP contribution in [0.3, 0.4) is 0 Å². The van der Waals surface area contributed by atoms with Crippen molar-refractivity contribution in [2.24, 2.45) is 5.92 Å². The molecule has 2 rings (SSSR count). The van der Waals surface area contributed by atoms with Gasteiger partial charge in [0, 0.05) is 25.5 Å². The van der Waals surface area contributed by atoms with E-state index in [2.05, 4.69) is 22.1 Å². The monoisotopic (exact) mass is 325 g/mol. The number of likely N-dealkylation sites (tertiary alicyclic amines) is 1. The number of pyridine rings is 1. The average Bonchev–Trinajstić information content (AvgIpc) is 2.48. The molecule has 1 aliphatic heterocycles. The minimum Gasteiger partial charge on any atom is -0.349 e. The highest BCUT2D eigenvalue weighted by atomic mass is 32.2. The van der Waals surface area contributed by atoms with Crippen LogP contribution in [0.1, 0.15) is 30.3 Å². The third-order valence-electron chi connectivity index (χ3n) is 3.98. The summed E-state index contributed by atoms with van der Waals surface area (Å²) < 4.78 is 23.4. The molecule has 1 amide bonds. The summed E-state index contributed by atoms with van der Waals surface area (Å²) >= 11 is 0. The van der Waals surface area contributed by atoms with E-state index < -0.39 is 15.7 Å². The van der Waals surface area contributed by atoms with Gasteiger partial charge in [-0.1, -0.05) is 6.92 Å². The third-order valence-corrected chi connectivity index (χ3v) is 5.10. The van der Waals surface area contributed by atoms with E-state index >= 15 is 0 Å². The highest BCUT2D eigenvalue weighted by molar-refractivity contribution is 7.90. The number of piperidine rings is 1. The Balaban J connectivity index is 1.91. The fraction of sp³-hybridized carbons (Fsp3) is 0.600. The van der Waals surface area contributed by atoms with Crippen LogP contribution in [0.2, 0.25) is 0 Å². The number of aromatic nitrogens is 1. The van der Waals surface area contributed by atoms with Crippen LogP contribution in [0.5, 0.6) is 0 Å². The van der Waals surface area contributed by atoms with Gasteiger partial charge in [-0.25, -0.2) is 13.4 Å². The van der Waals surface area contributed by atoms with Crippen molar-refractivity contribution in [1.29, 1.82) is 0 Å². The minimum atomic E-state index is -3.46. The number of hydrogen-bond acceptors (Lipinski definition) is 5. The molecule has 1 fully saturated rings. The van der Waals surface area contributed by atoms with Gasteiger partial charge in [-0.3, -0.25) is 4.79 Å². The lowest BCUT2D eigenvalue weighted by molar-refractivity contribution is 0.0936. The molecule has 0 bridgehead atoms. The molecular formula is C15H23N3O3S. The van der Waals surface area contributed by atoms with E-state index in [1.807, 2.05) is 0 Å². The fourth-order valence-corrected chi connectivity index (χ4v) is 3.38. The Kier molecular flexibility index (Phi) is 5.52. The Bertz CT molecular complexity index is 623. The van der Waals surface area contributed by atoms with Gasteiger partial charge in [0.15, 0.2) is 9.84 Å². The van der Waals surface area contributed by atoms with Crippen molar-refractivity contribution in [1.82, 2.24) is 15.2 Å². The van der Waals surface area contributed by atoms with Crippen molar-refractivity contribution in [3.8, 4) is 0 Å². The van der Waals surface area contributed by atoms with Crippen LogP contribution in [0.25, 0.3) is 0 Å². The first-order chi connectivity index (χ1) is 10.4. The van der Waals surface area contributed by atoms with E-state index in [0.717, 1.165) is 31.8 Å². The summed E-state index contributed by atoms with van der Waals surface area (Å²) in [5.41, 5.74) is -0.0303. The summed E-state index contributed by atoms with van der Waals surface area (Å²) in [6, 6.07) is 2.92. The quantitative estimate of drug-likeness (QED) is 0.872. The topological polar surface area (TPSA) is 79.4 Å². The minimum absolute atomic E-state index is 0.0284. The first-order valence-electron chi connectivity index (χ1n) is 7.53. The molecule has 0 unspecified atom stereocenters. The fourth-order valence-electron chi connectivity index (χ4n) is 2.56. The summed E-state index contributed by atoms with van der Waals surface area (Å²) in [5, 5.41) is 2.76. The van der Waals surface area contributed by atoms with Gasteiger partial charge in [-0.05, 0) is 44.0 Å². The van der Waals surface area contributed by atoms with Crippen LogP contribution < -0.4 is 5.32 Å². The number of sulfone groups is 1. The number of amides is 1. The zero-order valence-electron chi connectivity index (χ0n) is 13.1. The number of carbonyl (C=O) groups excluding carboxylic acids is 1. The van der Waals surface area contributed by atoms with Crippen LogP contribution in [0, 0.1) is 5.92 Å². The zero-order chi connectivity index (χ0) is 16.2. The van der Waals surface area contributed by atoms with Crippen LogP contribution in [-0.2, 0) is 9.84 Å². The molecular weight excluding hydrogens is 302 g/mol. The second kappa shape index (κ2) is 7.19. The van der Waals surface area contributed by atoms with Crippen LogP contribution in [0.4, 0.5) is 0 Å². The molecule has 22 heavy (non-hydrogen) atoms. The van der Waals surface area contributed by atoms with Gasteiger partial charge < -0.3 is 10.2 Å². The molecule has 0 atom stereocenters. The number of nitrogens with one attached hydrogen (secondary N) is 1. The SMILES string of the molecule is CC1CCN(CCNC(=O)c2ncccc2S(C)(=O)=O)CC1. The molecule has 7 heteroatoms. The van der Waals surface area contributed by atoms with E-state index in [1.165, 1.54) is 31.2 Å². The molecule has 1 aromatic heterocycles. The highest BCUT2D eigenvalue weighted by Gasteiger charge is 2.20. The first-order valence-corrected chi connectivity index (χ1v) is 9.42. The smallest absolute Gasteiger partial charge is 0.271 e. The van der Waals surface area contributed by atoms with Gasteiger partial charge in [0.05, 0.1) is 4.90 Å². The molecule has 0 aliphatic carbocycles. The summed E-state index contributed by atoms with van der Waals surface area (Å²) in [5.74, 6) is 0.336. The second-order valence-electron chi connectivity index (χ2n) is 5.90. The van der Waals surface area contributed by atoms with Crippen molar-refractivity contribution in [3.63, 3.8) is 0 Å². The van der Waals surface area contributed by atoms with Gasteiger partial charge >= 0.3 is 0 Å². The van der Waals surface area contributed by atoms with E-state index in [0.29, 0.717) is 6.54 Å². The Morgan fingerprint density at radius 1 is 1.41 bits per heavy atom. The maximum Gasteiger partial charge on any atom is 0.271 e. The maximum atomic E-state index is 12.1. The van der Waals surface area contributed by atoms with E-state index in [1.54, 1.807) is 0 Å². The average molecular weight is 325 g/mol. The van der Waals surface area contributed by atoms with Crippen LogP contribution in [-0.4, -0.2) is 56.6 Å². The Labute approximate surface area is 131 Å². The molecule has 0 spiro atoms. The van der Waals surface area contributed by atoms with Crippen molar-refractivity contribution in [2.45, 2.75) is 24.7 Å². The molecule has 0 radical (unpaired) electrons. The number of nitrogens with zero attached hydrogens (tertiary/aromatic N) is 2. The zero-order valence-corrected chi connectivity index (χ0v) is 13.9. The largest absolute Gasteiger partial charge is 0.349 e. The number of carbonyl (C=O) groups is 1. The van der Waals surface area contributed by atoms with Gasteiger partial charge in [0.25, 0.3) is 5.91 Å². The van der Waals surface area contributed by atoms with Gasteiger partial charge in [-0.2, -0.15) is 0 Å². The lowest BCUT2D eigenvalue weighted by Crippen LogP contribution is -2.39. The van der Waals surface area contributed by atoms with Gasteiger partial charge in [0.2, 0.25) is 0 Å². The van der Waals surface area contributed by atoms with Gasteiger partial charge in [-0.15, -0.1) is 0 Å². The van der Waals surface area contributed by atoms with Crippen LogP contribution >= 0.6 is 0 Å². The molecule has 0 saturated carbocycles.